The Hall–Kier alpha value is -3.23. The lowest BCUT2D eigenvalue weighted by atomic mass is 9.75. The molecule has 3 aliphatic rings. The van der Waals surface area contributed by atoms with Crippen molar-refractivity contribution >= 4 is 23.3 Å². The summed E-state index contributed by atoms with van der Waals surface area (Å²) in [6.07, 6.45) is 7.85. The number of hydrogen-bond acceptors (Lipinski definition) is 6. The van der Waals surface area contributed by atoms with Gasteiger partial charge in [0.2, 0.25) is 5.91 Å². The Morgan fingerprint density at radius 3 is 2.44 bits per heavy atom. The van der Waals surface area contributed by atoms with Crippen LogP contribution in [0.3, 0.4) is 0 Å². The molecule has 0 bridgehead atoms. The van der Waals surface area contributed by atoms with E-state index in [9.17, 15) is 4.79 Å². The predicted octanol–water partition coefficient (Wildman–Crippen LogP) is 3.94. The maximum atomic E-state index is 13.0. The fourth-order valence-electron chi connectivity index (χ4n) is 6.42. The van der Waals surface area contributed by atoms with Gasteiger partial charge in [-0.15, -0.1) is 0 Å². The van der Waals surface area contributed by atoms with E-state index in [0.717, 1.165) is 63.2 Å². The van der Waals surface area contributed by atoms with E-state index in [4.69, 9.17) is 4.74 Å². The van der Waals surface area contributed by atoms with Crippen molar-refractivity contribution in [1.29, 1.82) is 0 Å². The van der Waals surface area contributed by atoms with Gasteiger partial charge in [0, 0.05) is 89.6 Å². The Kier molecular flexibility index (Phi) is 6.93. The van der Waals surface area contributed by atoms with Crippen LogP contribution in [0.2, 0.25) is 0 Å². The number of rotatable bonds is 7. The van der Waals surface area contributed by atoms with Crippen LogP contribution in [0.1, 0.15) is 32.3 Å². The zero-order chi connectivity index (χ0) is 27.1. The number of carbonyl (C=O) groups is 1. The number of piperazine rings is 1. The van der Waals surface area contributed by atoms with E-state index in [0.29, 0.717) is 17.9 Å². The van der Waals surface area contributed by atoms with Crippen LogP contribution >= 0.6 is 0 Å². The molecule has 3 aromatic rings. The third-order valence-electron chi connectivity index (χ3n) is 9.08. The normalized spacial score (nSPS) is 23.4. The number of fused-ring (bicyclic) bond motifs is 1. The van der Waals surface area contributed by atoms with Crippen LogP contribution < -0.4 is 4.90 Å². The number of carbonyl (C=O) groups excluding carboxylic acids is 1. The largest absolute Gasteiger partial charge is 0.371 e. The predicted molar refractivity (Wildman–Crippen MR) is 155 cm³/mol. The van der Waals surface area contributed by atoms with Gasteiger partial charge in [0.1, 0.15) is 5.60 Å². The van der Waals surface area contributed by atoms with Crippen molar-refractivity contribution in [2.75, 3.05) is 58.3 Å². The Bertz CT molecular complexity index is 1340. The molecule has 0 atom stereocenters. The van der Waals surface area contributed by atoms with Crippen LogP contribution in [-0.2, 0) is 15.1 Å². The standard InChI is InChI=1S/C31H40N6O2/c1-22(2)36-20-31(21-36,39-4)27-7-5-24(6-8-27)26-17-29-28(9-10-33-37(29)19-26)34-11-13-35(14-12-34)30(38)25-15-23(16-25)18-32-3/h5-10,17-19,22-23,25H,11-16,20-21H2,1-4H3. The number of hydrogen-bond donors (Lipinski definition) is 0. The van der Waals surface area contributed by atoms with Gasteiger partial charge in [0.05, 0.1) is 11.2 Å². The molecule has 1 saturated carbocycles. The first kappa shape index (κ1) is 26.0. The molecule has 6 rings (SSSR count). The first-order chi connectivity index (χ1) is 18.9. The maximum absolute atomic E-state index is 13.0. The van der Waals surface area contributed by atoms with Crippen molar-refractivity contribution < 1.29 is 9.53 Å². The smallest absolute Gasteiger partial charge is 0.225 e. The van der Waals surface area contributed by atoms with Gasteiger partial charge in [-0.2, -0.15) is 5.10 Å². The third kappa shape index (κ3) is 4.74. The van der Waals surface area contributed by atoms with E-state index in [1.807, 2.05) is 24.0 Å². The minimum absolute atomic E-state index is 0.170. The molecule has 0 spiro atoms. The van der Waals surface area contributed by atoms with Gasteiger partial charge in [0.15, 0.2) is 0 Å². The maximum Gasteiger partial charge on any atom is 0.225 e. The molecule has 8 nitrogen and oxygen atoms in total. The van der Waals surface area contributed by atoms with Gasteiger partial charge >= 0.3 is 0 Å². The molecule has 3 fully saturated rings. The molecular weight excluding hydrogens is 488 g/mol. The molecule has 0 unspecified atom stereocenters. The Labute approximate surface area is 231 Å². The molecule has 8 heteroatoms. The molecule has 0 radical (unpaired) electrons. The Morgan fingerprint density at radius 2 is 1.79 bits per heavy atom. The number of anilines is 1. The summed E-state index contributed by atoms with van der Waals surface area (Å²) < 4.78 is 7.96. The summed E-state index contributed by atoms with van der Waals surface area (Å²) in [4.78, 5) is 24.0. The van der Waals surface area contributed by atoms with Crippen LogP contribution in [0.5, 0.6) is 0 Å². The van der Waals surface area contributed by atoms with Crippen molar-refractivity contribution in [1.82, 2.24) is 19.4 Å². The number of aromatic nitrogens is 2. The summed E-state index contributed by atoms with van der Waals surface area (Å²) in [6, 6.07) is 13.7. The second-order valence-corrected chi connectivity index (χ2v) is 11.7. The number of methoxy groups -OCH3 is 1. The van der Waals surface area contributed by atoms with Gasteiger partial charge in [-0.3, -0.25) is 9.69 Å². The Morgan fingerprint density at radius 1 is 1.08 bits per heavy atom. The summed E-state index contributed by atoms with van der Waals surface area (Å²) in [5, 5.41) is 4.60. The van der Waals surface area contributed by atoms with E-state index in [1.54, 1.807) is 7.05 Å². The van der Waals surface area contributed by atoms with Crippen molar-refractivity contribution in [2.24, 2.45) is 16.8 Å². The number of ether oxygens (including phenoxy) is 1. The summed E-state index contributed by atoms with van der Waals surface area (Å²) >= 11 is 0. The molecule has 2 aromatic heterocycles. The van der Waals surface area contributed by atoms with Gasteiger partial charge in [0.25, 0.3) is 0 Å². The first-order valence-corrected chi connectivity index (χ1v) is 14.2. The van der Waals surface area contributed by atoms with Gasteiger partial charge in [-0.25, -0.2) is 4.52 Å². The molecule has 1 aromatic carbocycles. The quantitative estimate of drug-likeness (QED) is 0.435. The summed E-state index contributed by atoms with van der Waals surface area (Å²) in [5.74, 6) is 0.964. The molecule has 2 saturated heterocycles. The van der Waals surface area contributed by atoms with Crippen LogP contribution in [0.25, 0.3) is 16.6 Å². The van der Waals surface area contributed by atoms with Crippen LogP contribution in [-0.4, -0.2) is 91.0 Å². The lowest BCUT2D eigenvalue weighted by Crippen LogP contribution is -2.62. The van der Waals surface area contributed by atoms with Gasteiger partial charge in [-0.1, -0.05) is 24.3 Å². The molecule has 0 N–H and O–H groups in total. The van der Waals surface area contributed by atoms with Crippen molar-refractivity contribution in [3.05, 3.63) is 54.4 Å². The summed E-state index contributed by atoms with van der Waals surface area (Å²) in [6.45, 7) is 9.52. The highest BCUT2D eigenvalue weighted by Gasteiger charge is 2.45. The monoisotopic (exact) mass is 528 g/mol. The zero-order valence-corrected chi connectivity index (χ0v) is 23.6. The molecule has 1 amide bonds. The Balaban J connectivity index is 1.14. The number of nitrogens with zero attached hydrogens (tertiary/aromatic N) is 6. The molecule has 1 aliphatic carbocycles. The molecule has 4 heterocycles. The van der Waals surface area contributed by atoms with Gasteiger partial charge in [-0.05, 0) is 55.9 Å². The fraction of sp³-hybridized carbons (Fsp3) is 0.516. The van der Waals surface area contributed by atoms with Crippen LogP contribution in [0, 0.1) is 11.8 Å². The van der Waals surface area contributed by atoms with Crippen molar-refractivity contribution in [2.45, 2.75) is 38.3 Å². The molecule has 206 valence electrons. The van der Waals surface area contributed by atoms with Crippen LogP contribution in [0.15, 0.2) is 53.8 Å². The minimum atomic E-state index is -0.212. The summed E-state index contributed by atoms with van der Waals surface area (Å²) in [7, 11) is 3.63. The number of aliphatic imine (C=N–C) groups is 1. The van der Waals surface area contributed by atoms with Crippen LogP contribution in [0.4, 0.5) is 5.69 Å². The number of likely N-dealkylation sites (tertiary alicyclic amines) is 1. The highest BCUT2D eigenvalue weighted by Crippen LogP contribution is 2.38. The average molecular weight is 529 g/mol. The fourth-order valence-corrected chi connectivity index (χ4v) is 6.42. The highest BCUT2D eigenvalue weighted by atomic mass is 16.5. The minimum Gasteiger partial charge on any atom is -0.371 e. The van der Waals surface area contributed by atoms with E-state index in [-0.39, 0.29) is 11.5 Å². The van der Waals surface area contributed by atoms with E-state index < -0.39 is 0 Å². The summed E-state index contributed by atoms with van der Waals surface area (Å²) in [5.41, 5.74) is 5.60. The topological polar surface area (TPSA) is 65.7 Å². The highest BCUT2D eigenvalue weighted by molar-refractivity contribution is 5.83. The second kappa shape index (κ2) is 10.4. The number of amides is 1. The zero-order valence-electron chi connectivity index (χ0n) is 23.6. The first-order valence-electron chi connectivity index (χ1n) is 14.2. The van der Waals surface area contributed by atoms with E-state index in [1.165, 1.54) is 16.8 Å². The molecule has 39 heavy (non-hydrogen) atoms. The van der Waals surface area contributed by atoms with Crippen molar-refractivity contribution in [3.63, 3.8) is 0 Å². The number of benzene rings is 1. The van der Waals surface area contributed by atoms with Gasteiger partial charge < -0.3 is 19.5 Å². The van der Waals surface area contributed by atoms with E-state index >= 15 is 0 Å². The van der Waals surface area contributed by atoms with Crippen molar-refractivity contribution in [3.8, 4) is 11.1 Å². The lowest BCUT2D eigenvalue weighted by Gasteiger charge is -2.51. The van der Waals surface area contributed by atoms with E-state index in [2.05, 4.69) is 81.2 Å². The average Bonchev–Trinajstić information content (AvgIpc) is 3.35. The molecular formula is C31H40N6O2. The SMILES string of the molecule is CN=CC1CC(C(=O)N2CCN(c3ccnn4cc(-c5ccc(C6(OC)CN(C(C)C)C6)cc5)cc34)CC2)C1. The lowest BCUT2D eigenvalue weighted by molar-refractivity contribution is -0.141. The second-order valence-electron chi connectivity index (χ2n) is 11.7. The molecule has 2 aliphatic heterocycles. The third-order valence-corrected chi connectivity index (χ3v) is 9.08.